The molecule has 0 N–H and O–H groups in total. The number of carbonyl (C=O) groups is 1. The third-order valence-electron chi connectivity index (χ3n) is 5.42. The van der Waals surface area contributed by atoms with E-state index in [9.17, 15) is 10.1 Å². The lowest BCUT2D eigenvalue weighted by Crippen LogP contribution is -2.46. The van der Waals surface area contributed by atoms with E-state index < -0.39 is 0 Å². The molecule has 2 fully saturated rings. The largest absolute Gasteiger partial charge is 0.334 e. The lowest BCUT2D eigenvalue weighted by Gasteiger charge is -2.31. The maximum absolute atomic E-state index is 13.0. The van der Waals surface area contributed by atoms with Crippen LogP contribution >= 0.6 is 0 Å². The molecule has 1 aliphatic carbocycles. The standard InChI is InChI=1S/C20H21N3O/c21-14-22-12-5-10-19(22)20(24)23-13-11-17-16(8-4-9-18(17)23)15-6-2-1-3-7-15/h1-4,6-8,18-19H,5,9-13H2. The van der Waals surface area contributed by atoms with Crippen LogP contribution in [-0.2, 0) is 4.79 Å². The fourth-order valence-corrected chi connectivity index (χ4v) is 4.25. The Bertz CT molecular complexity index is 744. The zero-order chi connectivity index (χ0) is 16.5. The predicted molar refractivity (Wildman–Crippen MR) is 92.6 cm³/mol. The summed E-state index contributed by atoms with van der Waals surface area (Å²) >= 11 is 0. The molecular formula is C20H21N3O. The van der Waals surface area contributed by atoms with Crippen molar-refractivity contribution in [2.75, 3.05) is 13.1 Å². The molecule has 3 aliphatic rings. The molecule has 122 valence electrons. The molecule has 4 heteroatoms. The monoisotopic (exact) mass is 319 g/mol. The Morgan fingerprint density at radius 1 is 1.21 bits per heavy atom. The van der Waals surface area contributed by atoms with Gasteiger partial charge in [0.25, 0.3) is 0 Å². The van der Waals surface area contributed by atoms with Crippen LogP contribution in [0.5, 0.6) is 0 Å². The molecule has 2 aliphatic heterocycles. The summed E-state index contributed by atoms with van der Waals surface area (Å²) in [4.78, 5) is 16.7. The lowest BCUT2D eigenvalue weighted by molar-refractivity contribution is -0.135. The van der Waals surface area contributed by atoms with E-state index in [0.29, 0.717) is 6.54 Å². The summed E-state index contributed by atoms with van der Waals surface area (Å²) in [6.45, 7) is 1.48. The summed E-state index contributed by atoms with van der Waals surface area (Å²) in [5.74, 6) is 0.136. The topological polar surface area (TPSA) is 47.3 Å². The number of hydrogen-bond acceptors (Lipinski definition) is 3. The van der Waals surface area contributed by atoms with E-state index in [0.717, 1.165) is 32.2 Å². The highest BCUT2D eigenvalue weighted by atomic mass is 16.2. The minimum absolute atomic E-state index is 0.136. The van der Waals surface area contributed by atoms with E-state index in [1.54, 1.807) is 4.90 Å². The van der Waals surface area contributed by atoms with Crippen molar-refractivity contribution in [3.05, 3.63) is 53.6 Å². The van der Waals surface area contributed by atoms with Gasteiger partial charge in [0.1, 0.15) is 6.04 Å². The fraction of sp³-hybridized carbons (Fsp3) is 0.400. The van der Waals surface area contributed by atoms with Gasteiger partial charge in [-0.2, -0.15) is 5.26 Å². The first kappa shape index (κ1) is 15.0. The summed E-state index contributed by atoms with van der Waals surface area (Å²) in [5.41, 5.74) is 3.87. The third-order valence-corrected chi connectivity index (χ3v) is 5.42. The van der Waals surface area contributed by atoms with Crippen LogP contribution in [0, 0.1) is 11.5 Å². The summed E-state index contributed by atoms with van der Waals surface area (Å²) < 4.78 is 0. The van der Waals surface area contributed by atoms with Crippen LogP contribution in [0.1, 0.15) is 31.2 Å². The van der Waals surface area contributed by atoms with Crippen molar-refractivity contribution in [1.82, 2.24) is 9.80 Å². The zero-order valence-electron chi connectivity index (χ0n) is 13.7. The molecule has 24 heavy (non-hydrogen) atoms. The molecule has 0 spiro atoms. The Hall–Kier alpha value is -2.54. The SMILES string of the molecule is N#CN1CCCC1C(=O)N1CCC2=C(c3ccccc3)C=CCC21. The van der Waals surface area contributed by atoms with Crippen molar-refractivity contribution < 1.29 is 4.79 Å². The number of rotatable bonds is 2. The molecule has 2 unspecified atom stereocenters. The smallest absolute Gasteiger partial charge is 0.246 e. The Balaban J connectivity index is 1.62. The normalized spacial score (nSPS) is 25.8. The van der Waals surface area contributed by atoms with E-state index in [2.05, 4.69) is 42.6 Å². The first-order valence-electron chi connectivity index (χ1n) is 8.71. The van der Waals surface area contributed by atoms with E-state index >= 15 is 0 Å². The van der Waals surface area contributed by atoms with Gasteiger partial charge in [-0.25, -0.2) is 0 Å². The van der Waals surface area contributed by atoms with Crippen LogP contribution in [0.15, 0.2) is 48.1 Å². The molecule has 2 saturated heterocycles. The predicted octanol–water partition coefficient (Wildman–Crippen LogP) is 2.95. The van der Waals surface area contributed by atoms with Crippen LogP contribution in [0.2, 0.25) is 0 Å². The Labute approximate surface area is 142 Å². The Kier molecular flexibility index (Phi) is 3.86. The van der Waals surface area contributed by atoms with Crippen LogP contribution in [-0.4, -0.2) is 40.9 Å². The van der Waals surface area contributed by atoms with Crippen molar-refractivity contribution in [1.29, 1.82) is 5.26 Å². The molecule has 4 nitrogen and oxygen atoms in total. The highest BCUT2D eigenvalue weighted by Gasteiger charge is 2.40. The molecule has 4 rings (SSSR count). The van der Waals surface area contributed by atoms with Gasteiger partial charge in [0, 0.05) is 13.1 Å². The van der Waals surface area contributed by atoms with Gasteiger partial charge < -0.3 is 4.90 Å². The highest BCUT2D eigenvalue weighted by Crippen LogP contribution is 2.38. The minimum atomic E-state index is -0.250. The fourth-order valence-electron chi connectivity index (χ4n) is 4.25. The second-order valence-corrected chi connectivity index (χ2v) is 6.69. The van der Waals surface area contributed by atoms with Gasteiger partial charge in [0.2, 0.25) is 5.91 Å². The number of carbonyl (C=O) groups excluding carboxylic acids is 1. The van der Waals surface area contributed by atoms with Crippen LogP contribution < -0.4 is 0 Å². The molecule has 2 atom stereocenters. The van der Waals surface area contributed by atoms with Gasteiger partial charge in [0.05, 0.1) is 6.04 Å². The van der Waals surface area contributed by atoms with Gasteiger partial charge in [0.15, 0.2) is 6.19 Å². The maximum atomic E-state index is 13.0. The molecule has 2 heterocycles. The first-order valence-corrected chi connectivity index (χ1v) is 8.71. The van der Waals surface area contributed by atoms with Crippen molar-refractivity contribution in [2.24, 2.45) is 0 Å². The number of allylic oxidation sites excluding steroid dienone is 2. The van der Waals surface area contributed by atoms with E-state index in [1.807, 2.05) is 11.0 Å². The number of likely N-dealkylation sites (tertiary alicyclic amines) is 2. The van der Waals surface area contributed by atoms with Gasteiger partial charge in [-0.05, 0) is 42.4 Å². The quantitative estimate of drug-likeness (QED) is 0.788. The molecule has 0 radical (unpaired) electrons. The molecule has 1 aromatic carbocycles. The Morgan fingerprint density at radius 2 is 2.04 bits per heavy atom. The summed E-state index contributed by atoms with van der Waals surface area (Å²) in [6.07, 6.45) is 10.1. The number of fused-ring (bicyclic) bond motifs is 1. The molecule has 0 saturated carbocycles. The molecule has 0 aromatic heterocycles. The number of nitrogens with zero attached hydrogens (tertiary/aromatic N) is 3. The molecule has 0 bridgehead atoms. The number of nitriles is 1. The first-order chi connectivity index (χ1) is 11.8. The van der Waals surface area contributed by atoms with Gasteiger partial charge in [-0.3, -0.25) is 9.69 Å². The van der Waals surface area contributed by atoms with Crippen molar-refractivity contribution in [3.8, 4) is 6.19 Å². The number of amides is 1. The summed E-state index contributed by atoms with van der Waals surface area (Å²) in [7, 11) is 0. The highest BCUT2D eigenvalue weighted by molar-refractivity contribution is 5.86. The van der Waals surface area contributed by atoms with Gasteiger partial charge in [-0.1, -0.05) is 42.5 Å². The average molecular weight is 319 g/mol. The number of hydrogen-bond donors (Lipinski definition) is 0. The van der Waals surface area contributed by atoms with Crippen molar-refractivity contribution in [3.63, 3.8) is 0 Å². The minimum Gasteiger partial charge on any atom is -0.334 e. The van der Waals surface area contributed by atoms with Crippen molar-refractivity contribution >= 4 is 11.5 Å². The lowest BCUT2D eigenvalue weighted by atomic mass is 9.89. The molecule has 1 aromatic rings. The van der Waals surface area contributed by atoms with E-state index in [4.69, 9.17) is 0 Å². The third kappa shape index (κ3) is 2.41. The van der Waals surface area contributed by atoms with Crippen LogP contribution in [0.25, 0.3) is 5.57 Å². The Morgan fingerprint density at radius 3 is 2.83 bits per heavy atom. The van der Waals surface area contributed by atoms with Crippen LogP contribution in [0.4, 0.5) is 0 Å². The van der Waals surface area contributed by atoms with Gasteiger partial charge >= 0.3 is 0 Å². The second kappa shape index (κ2) is 6.16. The molecule has 1 amide bonds. The van der Waals surface area contributed by atoms with Crippen LogP contribution in [0.3, 0.4) is 0 Å². The summed E-state index contributed by atoms with van der Waals surface area (Å²) in [5, 5.41) is 9.24. The average Bonchev–Trinajstić information content (AvgIpc) is 3.28. The van der Waals surface area contributed by atoms with Crippen molar-refractivity contribution in [2.45, 2.75) is 37.8 Å². The van der Waals surface area contributed by atoms with E-state index in [-0.39, 0.29) is 18.0 Å². The summed E-state index contributed by atoms with van der Waals surface area (Å²) in [6, 6.07) is 10.3. The zero-order valence-corrected chi connectivity index (χ0v) is 13.7. The second-order valence-electron chi connectivity index (χ2n) is 6.69. The van der Waals surface area contributed by atoms with E-state index in [1.165, 1.54) is 16.7 Å². The maximum Gasteiger partial charge on any atom is 0.246 e. The number of benzene rings is 1. The molecular weight excluding hydrogens is 298 g/mol. The van der Waals surface area contributed by atoms with Gasteiger partial charge in [-0.15, -0.1) is 0 Å².